The Labute approximate surface area is 142 Å². The van der Waals surface area contributed by atoms with Crippen molar-refractivity contribution in [3.8, 4) is 5.75 Å². The molecule has 0 saturated carbocycles. The van der Waals surface area contributed by atoms with Gasteiger partial charge in [0.25, 0.3) is 0 Å². The first-order valence-corrected chi connectivity index (χ1v) is 8.37. The number of hydrogen-bond donors (Lipinski definition) is 3. The quantitative estimate of drug-likeness (QED) is 0.759. The van der Waals surface area contributed by atoms with Crippen molar-refractivity contribution in [3.05, 3.63) is 30.1 Å². The number of anilines is 3. The number of likely N-dealkylation sites (tertiary alicyclic amines) is 1. The highest BCUT2D eigenvalue weighted by atomic mass is 16.5. The number of nitrogens with two attached hydrogens (primary N) is 1. The third kappa shape index (κ3) is 4.32. The molecule has 1 aliphatic heterocycles. The molecule has 7 heteroatoms. The first kappa shape index (κ1) is 16.4. The van der Waals surface area contributed by atoms with Crippen LogP contribution >= 0.6 is 0 Å². The van der Waals surface area contributed by atoms with Gasteiger partial charge in [-0.25, -0.2) is 0 Å². The Morgan fingerprint density at radius 3 is 2.54 bits per heavy atom. The summed E-state index contributed by atoms with van der Waals surface area (Å²) in [6, 6.07) is 7.59. The van der Waals surface area contributed by atoms with Crippen LogP contribution < -0.4 is 20.7 Å². The van der Waals surface area contributed by atoms with Crippen LogP contribution in [0.15, 0.2) is 24.3 Å². The van der Waals surface area contributed by atoms with Crippen LogP contribution in [0.1, 0.15) is 25.6 Å². The van der Waals surface area contributed by atoms with Crippen molar-refractivity contribution in [1.82, 2.24) is 15.0 Å². The van der Waals surface area contributed by atoms with E-state index in [4.69, 9.17) is 10.5 Å². The van der Waals surface area contributed by atoms with Gasteiger partial charge in [-0.2, -0.15) is 15.0 Å². The van der Waals surface area contributed by atoms with Crippen molar-refractivity contribution in [1.29, 1.82) is 0 Å². The Morgan fingerprint density at radius 2 is 1.88 bits per heavy atom. The predicted octanol–water partition coefficient (Wildman–Crippen LogP) is 1.02. The normalized spacial score (nSPS) is 20.6. The summed E-state index contributed by atoms with van der Waals surface area (Å²) < 4.78 is 5.16. The number of aromatic nitrogens is 3. The SMILES string of the molecule is COc1ccc(Nc2nc(N)nc(C[NH+]3CCC(C)CC3)n2)cc1. The molecule has 1 aromatic carbocycles. The molecule has 0 spiro atoms. The number of ether oxygens (including phenoxy) is 1. The molecule has 2 aromatic rings. The van der Waals surface area contributed by atoms with E-state index < -0.39 is 0 Å². The van der Waals surface area contributed by atoms with Gasteiger partial charge in [0.15, 0.2) is 5.82 Å². The van der Waals surface area contributed by atoms with Crippen molar-refractivity contribution in [2.45, 2.75) is 26.3 Å². The molecule has 4 N–H and O–H groups in total. The summed E-state index contributed by atoms with van der Waals surface area (Å²) in [5.41, 5.74) is 6.74. The minimum absolute atomic E-state index is 0.251. The summed E-state index contributed by atoms with van der Waals surface area (Å²) >= 11 is 0. The summed E-state index contributed by atoms with van der Waals surface area (Å²) in [5, 5.41) is 3.17. The number of nitrogens with zero attached hydrogens (tertiary/aromatic N) is 3. The molecule has 128 valence electrons. The number of nitrogens with one attached hydrogen (secondary N) is 2. The summed E-state index contributed by atoms with van der Waals surface area (Å²) in [6.45, 7) is 5.42. The highest BCUT2D eigenvalue weighted by Gasteiger charge is 2.20. The predicted molar refractivity (Wildman–Crippen MR) is 93.3 cm³/mol. The number of methoxy groups -OCH3 is 1. The van der Waals surface area contributed by atoms with Crippen LogP contribution in [0.2, 0.25) is 0 Å². The Kier molecular flexibility index (Phi) is 5.10. The molecule has 1 fully saturated rings. The van der Waals surface area contributed by atoms with E-state index in [1.54, 1.807) is 7.11 Å². The highest BCUT2D eigenvalue weighted by molar-refractivity contribution is 5.55. The maximum atomic E-state index is 5.85. The van der Waals surface area contributed by atoms with Gasteiger partial charge in [-0.15, -0.1) is 0 Å². The molecule has 3 rings (SSSR count). The van der Waals surface area contributed by atoms with Crippen LogP contribution in [0.5, 0.6) is 5.75 Å². The second-order valence-electron chi connectivity index (χ2n) is 6.40. The number of nitrogen functional groups attached to an aromatic ring is 1. The molecule has 0 unspecified atom stereocenters. The number of benzene rings is 1. The van der Waals surface area contributed by atoms with Crippen molar-refractivity contribution in [2.24, 2.45) is 5.92 Å². The summed E-state index contributed by atoms with van der Waals surface area (Å²) in [5.74, 6) is 3.10. The van der Waals surface area contributed by atoms with Crippen LogP contribution in [0.3, 0.4) is 0 Å². The van der Waals surface area contributed by atoms with Crippen LogP contribution in [-0.4, -0.2) is 35.2 Å². The maximum absolute atomic E-state index is 5.85. The molecule has 24 heavy (non-hydrogen) atoms. The summed E-state index contributed by atoms with van der Waals surface area (Å²) in [6.07, 6.45) is 2.51. The largest absolute Gasteiger partial charge is 0.497 e. The second kappa shape index (κ2) is 7.44. The van der Waals surface area contributed by atoms with Gasteiger partial charge in [0, 0.05) is 5.69 Å². The first-order valence-electron chi connectivity index (χ1n) is 8.37. The van der Waals surface area contributed by atoms with Gasteiger partial charge in [-0.3, -0.25) is 0 Å². The van der Waals surface area contributed by atoms with Crippen molar-refractivity contribution < 1.29 is 9.64 Å². The minimum Gasteiger partial charge on any atom is -0.497 e. The Bertz CT molecular complexity index is 667. The lowest BCUT2D eigenvalue weighted by molar-refractivity contribution is -0.920. The number of quaternary nitrogens is 1. The van der Waals surface area contributed by atoms with Crippen LogP contribution in [0.4, 0.5) is 17.6 Å². The van der Waals surface area contributed by atoms with E-state index in [1.807, 2.05) is 24.3 Å². The van der Waals surface area contributed by atoms with Gasteiger partial charge in [-0.05, 0) is 43.0 Å². The number of hydrogen-bond acceptors (Lipinski definition) is 6. The van der Waals surface area contributed by atoms with Crippen LogP contribution in [0.25, 0.3) is 0 Å². The average molecular weight is 329 g/mol. The minimum atomic E-state index is 0.251. The highest BCUT2D eigenvalue weighted by Crippen LogP contribution is 2.18. The molecule has 0 atom stereocenters. The first-order chi connectivity index (χ1) is 11.6. The van der Waals surface area contributed by atoms with Gasteiger partial charge in [0.1, 0.15) is 12.3 Å². The zero-order valence-corrected chi connectivity index (χ0v) is 14.2. The van der Waals surface area contributed by atoms with E-state index in [1.165, 1.54) is 17.7 Å². The summed E-state index contributed by atoms with van der Waals surface area (Å²) in [7, 11) is 1.64. The summed E-state index contributed by atoms with van der Waals surface area (Å²) in [4.78, 5) is 14.5. The van der Waals surface area contributed by atoms with Crippen molar-refractivity contribution in [3.63, 3.8) is 0 Å². The van der Waals surface area contributed by atoms with Crippen LogP contribution in [-0.2, 0) is 6.54 Å². The van der Waals surface area contributed by atoms with Crippen molar-refractivity contribution in [2.75, 3.05) is 31.2 Å². The fraction of sp³-hybridized carbons (Fsp3) is 0.471. The van der Waals surface area contributed by atoms with E-state index in [2.05, 4.69) is 27.2 Å². The monoisotopic (exact) mass is 329 g/mol. The standard InChI is InChI=1S/C17H24N6O/c1-12-7-9-23(10-8-12)11-15-20-16(18)22-17(21-15)19-13-3-5-14(24-2)6-4-13/h3-6,12H,7-11H2,1-2H3,(H3,18,19,20,21,22)/p+1. The number of piperidine rings is 1. The molecule has 0 radical (unpaired) electrons. The molecular formula is C17H25N6O+. The molecule has 0 amide bonds. The Hall–Kier alpha value is -2.41. The fourth-order valence-electron chi connectivity index (χ4n) is 2.95. The van der Waals surface area contributed by atoms with E-state index in [9.17, 15) is 0 Å². The molecule has 0 aliphatic carbocycles. The Balaban J connectivity index is 1.68. The number of rotatable bonds is 5. The zero-order chi connectivity index (χ0) is 16.9. The lowest BCUT2D eigenvalue weighted by atomic mass is 9.99. The molecule has 0 bridgehead atoms. The van der Waals surface area contributed by atoms with Gasteiger partial charge >= 0.3 is 0 Å². The smallest absolute Gasteiger partial charge is 0.232 e. The maximum Gasteiger partial charge on any atom is 0.232 e. The van der Waals surface area contributed by atoms with E-state index in [0.717, 1.165) is 42.8 Å². The zero-order valence-electron chi connectivity index (χ0n) is 14.2. The molecule has 1 aliphatic rings. The molecule has 2 heterocycles. The van der Waals surface area contributed by atoms with Gasteiger partial charge in [-0.1, -0.05) is 6.92 Å². The second-order valence-corrected chi connectivity index (χ2v) is 6.40. The van der Waals surface area contributed by atoms with E-state index in [0.29, 0.717) is 5.95 Å². The lowest BCUT2D eigenvalue weighted by Crippen LogP contribution is -3.11. The third-order valence-electron chi connectivity index (χ3n) is 4.43. The van der Waals surface area contributed by atoms with E-state index >= 15 is 0 Å². The van der Waals surface area contributed by atoms with Crippen LogP contribution in [0, 0.1) is 5.92 Å². The lowest BCUT2D eigenvalue weighted by Gasteiger charge is -2.26. The fourth-order valence-corrected chi connectivity index (χ4v) is 2.95. The average Bonchev–Trinajstić information content (AvgIpc) is 2.57. The molecular weight excluding hydrogens is 304 g/mol. The van der Waals surface area contributed by atoms with E-state index in [-0.39, 0.29) is 5.95 Å². The molecule has 7 nitrogen and oxygen atoms in total. The van der Waals surface area contributed by atoms with Gasteiger partial charge < -0.3 is 20.7 Å². The van der Waals surface area contributed by atoms with Gasteiger partial charge in [0.05, 0.1) is 20.2 Å². The molecule has 1 saturated heterocycles. The third-order valence-corrected chi connectivity index (χ3v) is 4.43. The van der Waals surface area contributed by atoms with Crippen molar-refractivity contribution >= 4 is 17.6 Å². The van der Waals surface area contributed by atoms with Gasteiger partial charge in [0.2, 0.25) is 11.9 Å². The molecule has 1 aromatic heterocycles. The topological polar surface area (TPSA) is 90.4 Å². The Morgan fingerprint density at radius 1 is 1.17 bits per heavy atom.